The number of nitrogens with zero attached hydrogens (tertiary/aromatic N) is 3. The summed E-state index contributed by atoms with van der Waals surface area (Å²) in [5, 5.41) is 4.84. The first kappa shape index (κ1) is 13.8. The van der Waals surface area contributed by atoms with E-state index in [4.69, 9.17) is 11.6 Å². The van der Waals surface area contributed by atoms with Crippen molar-refractivity contribution < 1.29 is 0 Å². The van der Waals surface area contributed by atoms with E-state index in [0.717, 1.165) is 22.4 Å². The van der Waals surface area contributed by atoms with E-state index in [1.807, 2.05) is 18.3 Å². The topological polar surface area (TPSA) is 66.5 Å². The monoisotopic (exact) mass is 301 g/mol. The van der Waals surface area contributed by atoms with Gasteiger partial charge in [-0.3, -0.25) is 0 Å². The van der Waals surface area contributed by atoms with Gasteiger partial charge < -0.3 is 10.3 Å². The maximum atomic E-state index is 6.02. The summed E-state index contributed by atoms with van der Waals surface area (Å²) in [5.74, 6) is 1.43. The first-order valence-electron chi connectivity index (χ1n) is 6.67. The number of aromatic nitrogens is 4. The highest BCUT2D eigenvalue weighted by Gasteiger charge is 2.13. The van der Waals surface area contributed by atoms with Gasteiger partial charge in [0.15, 0.2) is 5.82 Å². The van der Waals surface area contributed by atoms with Gasteiger partial charge in [-0.15, -0.1) is 0 Å². The third-order valence-electron chi connectivity index (χ3n) is 2.90. The van der Waals surface area contributed by atoms with Gasteiger partial charge in [-0.2, -0.15) is 0 Å². The van der Waals surface area contributed by atoms with Gasteiger partial charge in [0.25, 0.3) is 0 Å². The number of aromatic amines is 1. The summed E-state index contributed by atoms with van der Waals surface area (Å²) in [6, 6.07) is 3.72. The van der Waals surface area contributed by atoms with Gasteiger partial charge in [-0.05, 0) is 32.9 Å². The van der Waals surface area contributed by atoms with Crippen LogP contribution in [0.3, 0.4) is 0 Å². The van der Waals surface area contributed by atoms with E-state index in [-0.39, 0.29) is 5.54 Å². The number of pyridine rings is 1. The molecule has 2 N–H and O–H groups in total. The first-order valence-corrected chi connectivity index (χ1v) is 7.04. The second-order valence-corrected chi connectivity index (χ2v) is 6.33. The molecule has 0 unspecified atom stereocenters. The predicted molar refractivity (Wildman–Crippen MR) is 85.5 cm³/mol. The highest BCUT2D eigenvalue weighted by molar-refractivity contribution is 6.31. The summed E-state index contributed by atoms with van der Waals surface area (Å²) in [5.41, 5.74) is 1.60. The van der Waals surface area contributed by atoms with Crippen LogP contribution in [0.2, 0.25) is 5.02 Å². The molecule has 0 saturated heterocycles. The molecule has 0 aliphatic rings. The lowest BCUT2D eigenvalue weighted by Gasteiger charge is -2.21. The number of halogens is 1. The van der Waals surface area contributed by atoms with Gasteiger partial charge in [0.05, 0.1) is 5.02 Å². The van der Waals surface area contributed by atoms with Crippen molar-refractivity contribution >= 4 is 28.5 Å². The van der Waals surface area contributed by atoms with Gasteiger partial charge >= 0.3 is 0 Å². The van der Waals surface area contributed by atoms with Crippen LogP contribution in [-0.4, -0.2) is 25.5 Å². The van der Waals surface area contributed by atoms with E-state index < -0.39 is 0 Å². The third kappa shape index (κ3) is 2.97. The Morgan fingerprint density at radius 2 is 2.05 bits per heavy atom. The molecule has 0 atom stereocenters. The molecule has 0 aliphatic carbocycles. The van der Waals surface area contributed by atoms with Gasteiger partial charge in [0.1, 0.15) is 11.5 Å². The molecule has 3 heterocycles. The van der Waals surface area contributed by atoms with Crippen molar-refractivity contribution in [3.05, 3.63) is 35.7 Å². The third-order valence-corrected chi connectivity index (χ3v) is 3.10. The molecule has 0 aromatic carbocycles. The largest absolute Gasteiger partial charge is 0.365 e. The standard InChI is InChI=1S/C15H16ClN5/c1-15(2,3)21-12-4-5-17-14(20-12)11-8-19-13-10(11)6-9(16)7-18-13/h4-8H,1-3H3,(H,18,19)(H,17,20,21). The number of hydrogen-bond donors (Lipinski definition) is 2. The summed E-state index contributed by atoms with van der Waals surface area (Å²) in [7, 11) is 0. The van der Waals surface area contributed by atoms with Crippen LogP contribution >= 0.6 is 11.6 Å². The molecular formula is C15H16ClN5. The number of nitrogens with one attached hydrogen (secondary N) is 2. The van der Waals surface area contributed by atoms with Crippen molar-refractivity contribution in [3.63, 3.8) is 0 Å². The molecule has 5 nitrogen and oxygen atoms in total. The zero-order chi connectivity index (χ0) is 15.0. The van der Waals surface area contributed by atoms with Crippen LogP contribution in [0, 0.1) is 0 Å². The summed E-state index contributed by atoms with van der Waals surface area (Å²) >= 11 is 6.02. The molecule has 0 aliphatic heterocycles. The molecule has 3 aromatic heterocycles. The van der Waals surface area contributed by atoms with E-state index in [1.54, 1.807) is 12.4 Å². The second kappa shape index (κ2) is 5.00. The molecule has 0 spiro atoms. The van der Waals surface area contributed by atoms with Gasteiger partial charge in [-0.25, -0.2) is 15.0 Å². The number of H-pyrrole nitrogens is 1. The van der Waals surface area contributed by atoms with Crippen LogP contribution < -0.4 is 5.32 Å². The Hall–Kier alpha value is -2.14. The summed E-state index contributed by atoms with van der Waals surface area (Å²) < 4.78 is 0. The van der Waals surface area contributed by atoms with Crippen LogP contribution in [-0.2, 0) is 0 Å². The van der Waals surface area contributed by atoms with Crippen molar-refractivity contribution in [2.75, 3.05) is 5.32 Å². The minimum Gasteiger partial charge on any atom is -0.365 e. The highest BCUT2D eigenvalue weighted by Crippen LogP contribution is 2.27. The summed E-state index contributed by atoms with van der Waals surface area (Å²) in [6.07, 6.45) is 5.21. The maximum Gasteiger partial charge on any atom is 0.163 e. The normalized spacial score (nSPS) is 11.8. The molecule has 0 amide bonds. The summed E-state index contributed by atoms with van der Waals surface area (Å²) in [4.78, 5) is 16.3. The fourth-order valence-electron chi connectivity index (χ4n) is 2.11. The molecular weight excluding hydrogens is 286 g/mol. The molecule has 21 heavy (non-hydrogen) atoms. The second-order valence-electron chi connectivity index (χ2n) is 5.89. The SMILES string of the molecule is CC(C)(C)Nc1ccnc(-c2c[nH]c3ncc(Cl)cc23)n1. The lowest BCUT2D eigenvalue weighted by Crippen LogP contribution is -2.26. The smallest absolute Gasteiger partial charge is 0.163 e. The van der Waals surface area contributed by atoms with Gasteiger partial charge in [0.2, 0.25) is 0 Å². The zero-order valence-electron chi connectivity index (χ0n) is 12.1. The van der Waals surface area contributed by atoms with Crippen molar-refractivity contribution in [1.82, 2.24) is 19.9 Å². The average Bonchev–Trinajstić information content (AvgIpc) is 2.80. The van der Waals surface area contributed by atoms with Crippen LogP contribution in [0.1, 0.15) is 20.8 Å². The lowest BCUT2D eigenvalue weighted by molar-refractivity contribution is 0.630. The summed E-state index contributed by atoms with van der Waals surface area (Å²) in [6.45, 7) is 6.26. The Morgan fingerprint density at radius 1 is 1.24 bits per heavy atom. The van der Waals surface area contributed by atoms with E-state index >= 15 is 0 Å². The van der Waals surface area contributed by atoms with E-state index in [0.29, 0.717) is 10.8 Å². The number of anilines is 1. The van der Waals surface area contributed by atoms with Crippen molar-refractivity contribution in [3.8, 4) is 11.4 Å². The van der Waals surface area contributed by atoms with Crippen LogP contribution in [0.4, 0.5) is 5.82 Å². The molecule has 108 valence electrons. The highest BCUT2D eigenvalue weighted by atomic mass is 35.5. The quantitative estimate of drug-likeness (QED) is 0.753. The Kier molecular flexibility index (Phi) is 3.29. The number of hydrogen-bond acceptors (Lipinski definition) is 4. The fourth-order valence-corrected chi connectivity index (χ4v) is 2.26. The minimum absolute atomic E-state index is 0.0588. The van der Waals surface area contributed by atoms with E-state index in [1.165, 1.54) is 0 Å². The minimum atomic E-state index is -0.0588. The van der Waals surface area contributed by atoms with Crippen molar-refractivity contribution in [2.45, 2.75) is 26.3 Å². The molecule has 0 saturated carbocycles. The van der Waals surface area contributed by atoms with Gasteiger partial charge in [-0.1, -0.05) is 11.6 Å². The Bertz CT molecular complexity index is 788. The van der Waals surface area contributed by atoms with Crippen LogP contribution in [0.5, 0.6) is 0 Å². The van der Waals surface area contributed by atoms with E-state index in [9.17, 15) is 0 Å². The Labute approximate surface area is 127 Å². The number of fused-ring (bicyclic) bond motifs is 1. The molecule has 0 radical (unpaired) electrons. The predicted octanol–water partition coefficient (Wildman–Crippen LogP) is 3.88. The maximum absolute atomic E-state index is 6.02. The van der Waals surface area contributed by atoms with Crippen LogP contribution in [0.15, 0.2) is 30.7 Å². The molecule has 0 bridgehead atoms. The molecule has 6 heteroatoms. The van der Waals surface area contributed by atoms with Gasteiger partial charge in [0, 0.05) is 35.1 Å². The molecule has 3 aromatic rings. The zero-order valence-corrected chi connectivity index (χ0v) is 12.9. The Balaban J connectivity index is 2.06. The fraction of sp³-hybridized carbons (Fsp3) is 0.267. The van der Waals surface area contributed by atoms with Crippen LogP contribution in [0.25, 0.3) is 22.4 Å². The van der Waals surface area contributed by atoms with Crippen molar-refractivity contribution in [1.29, 1.82) is 0 Å². The Morgan fingerprint density at radius 3 is 2.81 bits per heavy atom. The van der Waals surface area contributed by atoms with E-state index in [2.05, 4.69) is 46.0 Å². The average molecular weight is 302 g/mol. The molecule has 0 fully saturated rings. The lowest BCUT2D eigenvalue weighted by atomic mass is 10.1. The van der Waals surface area contributed by atoms with Crippen molar-refractivity contribution in [2.24, 2.45) is 0 Å². The first-order chi connectivity index (χ1) is 9.92. The molecule has 3 rings (SSSR count). The number of rotatable bonds is 2.